The van der Waals surface area contributed by atoms with Crippen LogP contribution in [-0.2, 0) is 11.3 Å². The fourth-order valence-electron chi connectivity index (χ4n) is 1.39. The normalized spacial score (nSPS) is 10.6. The maximum Gasteiger partial charge on any atom is 0.239 e. The molecule has 2 aromatic heterocycles. The van der Waals surface area contributed by atoms with Gasteiger partial charge in [0.15, 0.2) is 10.4 Å². The molecule has 0 fully saturated rings. The molecule has 0 unspecified atom stereocenters. The SMILES string of the molecule is CNC(=O)Cn1c(=S)[nH]c2cc(Cl)cnc21. The number of aromatic amines is 1. The Morgan fingerprint density at radius 3 is 3.19 bits per heavy atom. The monoisotopic (exact) mass is 256 g/mol. The highest BCUT2D eigenvalue weighted by atomic mass is 35.5. The van der Waals surface area contributed by atoms with Crippen molar-refractivity contribution in [2.45, 2.75) is 6.54 Å². The van der Waals surface area contributed by atoms with Gasteiger partial charge < -0.3 is 10.3 Å². The van der Waals surface area contributed by atoms with Crippen LogP contribution < -0.4 is 5.32 Å². The molecule has 0 spiro atoms. The number of nitrogens with zero attached hydrogens (tertiary/aromatic N) is 2. The van der Waals surface area contributed by atoms with Crippen molar-refractivity contribution < 1.29 is 4.79 Å². The van der Waals surface area contributed by atoms with E-state index in [2.05, 4.69) is 15.3 Å². The van der Waals surface area contributed by atoms with Crippen molar-refractivity contribution in [3.8, 4) is 0 Å². The molecule has 1 amide bonds. The van der Waals surface area contributed by atoms with Gasteiger partial charge in [-0.25, -0.2) is 4.98 Å². The molecule has 2 heterocycles. The lowest BCUT2D eigenvalue weighted by atomic mass is 10.4. The fourth-order valence-corrected chi connectivity index (χ4v) is 1.81. The van der Waals surface area contributed by atoms with E-state index in [1.165, 1.54) is 6.20 Å². The van der Waals surface area contributed by atoms with Gasteiger partial charge in [0.2, 0.25) is 5.91 Å². The lowest BCUT2D eigenvalue weighted by Crippen LogP contribution is -2.23. The summed E-state index contributed by atoms with van der Waals surface area (Å²) in [6.07, 6.45) is 1.52. The summed E-state index contributed by atoms with van der Waals surface area (Å²) in [6, 6.07) is 1.72. The molecule has 0 aliphatic carbocycles. The topological polar surface area (TPSA) is 62.7 Å². The number of pyridine rings is 1. The minimum absolute atomic E-state index is 0.131. The van der Waals surface area contributed by atoms with E-state index in [1.807, 2.05) is 0 Å². The average Bonchev–Trinajstić information content (AvgIpc) is 2.54. The predicted octanol–water partition coefficient (Wildman–Crippen LogP) is 1.49. The average molecular weight is 257 g/mol. The Labute approximate surface area is 101 Å². The smallest absolute Gasteiger partial charge is 0.239 e. The van der Waals surface area contributed by atoms with Crippen LogP contribution in [0.2, 0.25) is 5.02 Å². The van der Waals surface area contributed by atoms with Gasteiger partial charge in [0.05, 0.1) is 10.5 Å². The molecule has 0 saturated heterocycles. The van der Waals surface area contributed by atoms with Crippen LogP contribution in [0.1, 0.15) is 0 Å². The Bertz CT molecular complexity index is 603. The van der Waals surface area contributed by atoms with Crippen LogP contribution in [0, 0.1) is 4.77 Å². The number of nitrogens with one attached hydrogen (secondary N) is 2. The number of imidazole rings is 1. The number of carbonyl (C=O) groups excluding carboxylic acids is 1. The third kappa shape index (κ3) is 1.94. The van der Waals surface area contributed by atoms with Gasteiger partial charge in [-0.2, -0.15) is 0 Å². The van der Waals surface area contributed by atoms with Gasteiger partial charge in [0, 0.05) is 13.2 Å². The first-order valence-electron chi connectivity index (χ1n) is 4.56. The molecule has 0 saturated carbocycles. The molecule has 0 radical (unpaired) electrons. The highest BCUT2D eigenvalue weighted by Crippen LogP contribution is 2.16. The lowest BCUT2D eigenvalue weighted by Gasteiger charge is -2.01. The fraction of sp³-hybridized carbons (Fsp3) is 0.222. The highest BCUT2D eigenvalue weighted by molar-refractivity contribution is 7.71. The first-order valence-corrected chi connectivity index (χ1v) is 5.35. The summed E-state index contributed by atoms with van der Waals surface area (Å²) >= 11 is 10.9. The van der Waals surface area contributed by atoms with Crippen molar-refractivity contribution in [1.82, 2.24) is 19.9 Å². The molecule has 84 valence electrons. The van der Waals surface area contributed by atoms with Crippen molar-refractivity contribution in [3.05, 3.63) is 22.1 Å². The number of rotatable bonds is 2. The second kappa shape index (κ2) is 4.23. The Morgan fingerprint density at radius 2 is 2.50 bits per heavy atom. The van der Waals surface area contributed by atoms with Gasteiger partial charge in [-0.3, -0.25) is 9.36 Å². The zero-order valence-electron chi connectivity index (χ0n) is 8.45. The summed E-state index contributed by atoms with van der Waals surface area (Å²) in [5, 5.41) is 3.06. The van der Waals surface area contributed by atoms with Gasteiger partial charge in [-0.1, -0.05) is 11.6 Å². The predicted molar refractivity (Wildman–Crippen MR) is 64.0 cm³/mol. The van der Waals surface area contributed by atoms with Gasteiger partial charge in [0.1, 0.15) is 6.54 Å². The summed E-state index contributed by atoms with van der Waals surface area (Å²) in [7, 11) is 1.57. The van der Waals surface area contributed by atoms with E-state index in [0.717, 1.165) is 5.52 Å². The number of H-pyrrole nitrogens is 1. The van der Waals surface area contributed by atoms with Crippen molar-refractivity contribution in [1.29, 1.82) is 0 Å². The molecule has 2 N–H and O–H groups in total. The van der Waals surface area contributed by atoms with Gasteiger partial charge in [-0.15, -0.1) is 0 Å². The van der Waals surface area contributed by atoms with E-state index in [-0.39, 0.29) is 12.5 Å². The van der Waals surface area contributed by atoms with Crippen LogP contribution in [0.4, 0.5) is 0 Å². The maximum atomic E-state index is 11.3. The molecular weight excluding hydrogens is 248 g/mol. The van der Waals surface area contributed by atoms with Crippen molar-refractivity contribution in [3.63, 3.8) is 0 Å². The maximum absolute atomic E-state index is 11.3. The molecular formula is C9H9ClN4OS. The minimum atomic E-state index is -0.131. The third-order valence-corrected chi connectivity index (χ3v) is 2.69. The molecule has 2 rings (SSSR count). The molecule has 16 heavy (non-hydrogen) atoms. The summed E-state index contributed by atoms with van der Waals surface area (Å²) in [4.78, 5) is 18.4. The lowest BCUT2D eigenvalue weighted by molar-refractivity contribution is -0.121. The summed E-state index contributed by atoms with van der Waals surface area (Å²) in [5.74, 6) is -0.131. The Morgan fingerprint density at radius 1 is 1.75 bits per heavy atom. The van der Waals surface area contributed by atoms with Gasteiger partial charge in [0.25, 0.3) is 0 Å². The molecule has 0 atom stereocenters. The van der Waals surface area contributed by atoms with E-state index in [4.69, 9.17) is 23.8 Å². The number of aromatic nitrogens is 3. The standard InChI is InChI=1S/C9H9ClN4OS/c1-11-7(15)4-14-8-6(13-9(14)16)2-5(10)3-12-8/h2-3H,4H2,1H3,(H,11,15)(H,13,16). The molecule has 7 heteroatoms. The molecule has 0 aliphatic heterocycles. The Hall–Kier alpha value is -1.40. The number of fused-ring (bicyclic) bond motifs is 1. The van der Waals surface area contributed by atoms with E-state index >= 15 is 0 Å². The molecule has 0 bridgehead atoms. The number of likely N-dealkylation sites (N-methyl/N-ethyl adjacent to an activating group) is 1. The Balaban J connectivity index is 2.56. The summed E-state index contributed by atoms with van der Waals surface area (Å²) in [5.41, 5.74) is 1.35. The highest BCUT2D eigenvalue weighted by Gasteiger charge is 2.08. The third-order valence-electron chi connectivity index (χ3n) is 2.16. The van der Waals surface area contributed by atoms with Crippen LogP contribution in [0.5, 0.6) is 0 Å². The summed E-state index contributed by atoms with van der Waals surface area (Å²) < 4.78 is 2.08. The minimum Gasteiger partial charge on any atom is -0.358 e. The number of halogens is 1. The Kier molecular flexibility index (Phi) is 2.93. The number of hydrogen-bond donors (Lipinski definition) is 2. The quantitative estimate of drug-likeness (QED) is 0.801. The molecule has 0 aliphatic rings. The second-order valence-electron chi connectivity index (χ2n) is 3.21. The van der Waals surface area contributed by atoms with Crippen LogP contribution in [0.3, 0.4) is 0 Å². The molecule has 5 nitrogen and oxygen atoms in total. The van der Waals surface area contributed by atoms with Crippen molar-refractivity contribution in [2.24, 2.45) is 0 Å². The second-order valence-corrected chi connectivity index (χ2v) is 4.04. The number of amides is 1. The summed E-state index contributed by atoms with van der Waals surface area (Å²) in [6.45, 7) is 0.143. The van der Waals surface area contributed by atoms with E-state index in [0.29, 0.717) is 15.4 Å². The van der Waals surface area contributed by atoms with Crippen molar-refractivity contribution >= 4 is 40.9 Å². The first kappa shape index (κ1) is 11.1. The van der Waals surface area contributed by atoms with Gasteiger partial charge >= 0.3 is 0 Å². The van der Waals surface area contributed by atoms with Crippen LogP contribution >= 0.6 is 23.8 Å². The first-order chi connectivity index (χ1) is 7.61. The van der Waals surface area contributed by atoms with E-state index in [9.17, 15) is 4.79 Å². The zero-order chi connectivity index (χ0) is 11.7. The largest absolute Gasteiger partial charge is 0.358 e. The molecule has 0 aromatic carbocycles. The van der Waals surface area contributed by atoms with Crippen LogP contribution in [-0.4, -0.2) is 27.5 Å². The number of hydrogen-bond acceptors (Lipinski definition) is 3. The van der Waals surface area contributed by atoms with E-state index < -0.39 is 0 Å². The van der Waals surface area contributed by atoms with E-state index in [1.54, 1.807) is 17.7 Å². The molecule has 2 aromatic rings. The van der Waals surface area contributed by atoms with Crippen LogP contribution in [0.15, 0.2) is 12.3 Å². The number of carbonyl (C=O) groups is 1. The van der Waals surface area contributed by atoms with Crippen LogP contribution in [0.25, 0.3) is 11.2 Å². The zero-order valence-corrected chi connectivity index (χ0v) is 10.0. The van der Waals surface area contributed by atoms with Crippen molar-refractivity contribution in [2.75, 3.05) is 7.05 Å². The van der Waals surface area contributed by atoms with Gasteiger partial charge in [-0.05, 0) is 18.3 Å².